The van der Waals surface area contributed by atoms with Gasteiger partial charge in [0, 0.05) is 11.3 Å². The van der Waals surface area contributed by atoms with Crippen LogP contribution in [0.2, 0.25) is 0 Å². The topological polar surface area (TPSA) is 49.3 Å². The molecule has 0 unspecified atom stereocenters. The molecule has 0 saturated carbocycles. The Labute approximate surface area is 119 Å². The molecule has 0 aliphatic heterocycles. The van der Waals surface area contributed by atoms with Crippen LogP contribution in [0.4, 0.5) is 0 Å². The average Bonchev–Trinajstić information content (AvgIpc) is 2.45. The molecule has 106 valence electrons. The van der Waals surface area contributed by atoms with Gasteiger partial charge < -0.3 is 10.4 Å². The minimum absolute atomic E-state index is 0.0315. The number of aliphatic hydroxyl groups excluding tert-OH is 1. The van der Waals surface area contributed by atoms with E-state index in [9.17, 15) is 9.90 Å². The minimum Gasteiger partial charge on any atom is -0.394 e. The maximum absolute atomic E-state index is 12.3. The molecule has 0 atom stereocenters. The van der Waals surface area contributed by atoms with Crippen LogP contribution in [-0.2, 0) is 5.75 Å². The highest BCUT2D eigenvalue weighted by Crippen LogP contribution is 2.16. The molecule has 0 radical (unpaired) electrons. The first-order valence-electron chi connectivity index (χ1n) is 6.62. The Balaban J connectivity index is 2.85. The number of aliphatic hydroxyl groups is 1. The van der Waals surface area contributed by atoms with E-state index < -0.39 is 5.54 Å². The first-order valence-corrected chi connectivity index (χ1v) is 8.01. The summed E-state index contributed by atoms with van der Waals surface area (Å²) in [7, 11) is 0. The molecule has 1 aromatic carbocycles. The zero-order valence-corrected chi connectivity index (χ0v) is 12.7. The van der Waals surface area contributed by atoms with Crippen molar-refractivity contribution in [2.24, 2.45) is 0 Å². The van der Waals surface area contributed by atoms with E-state index in [0.717, 1.165) is 24.2 Å². The van der Waals surface area contributed by atoms with Gasteiger partial charge in [-0.3, -0.25) is 4.79 Å². The Hall–Kier alpha value is -1.00. The van der Waals surface area contributed by atoms with E-state index in [1.807, 2.05) is 44.4 Å². The van der Waals surface area contributed by atoms with Crippen molar-refractivity contribution in [3.63, 3.8) is 0 Å². The van der Waals surface area contributed by atoms with Gasteiger partial charge in [0.15, 0.2) is 0 Å². The molecule has 0 heterocycles. The second-order valence-corrected chi connectivity index (χ2v) is 5.60. The third kappa shape index (κ3) is 4.25. The van der Waals surface area contributed by atoms with E-state index in [1.165, 1.54) is 0 Å². The number of benzene rings is 1. The fourth-order valence-electron chi connectivity index (χ4n) is 1.97. The van der Waals surface area contributed by atoms with E-state index >= 15 is 0 Å². The maximum atomic E-state index is 12.3. The first kappa shape index (κ1) is 16.1. The van der Waals surface area contributed by atoms with Crippen molar-refractivity contribution < 1.29 is 9.90 Å². The summed E-state index contributed by atoms with van der Waals surface area (Å²) < 4.78 is 0. The quantitative estimate of drug-likeness (QED) is 0.808. The Kier molecular flexibility index (Phi) is 6.38. The molecule has 1 amide bonds. The molecule has 19 heavy (non-hydrogen) atoms. The fourth-order valence-corrected chi connectivity index (χ4v) is 2.48. The van der Waals surface area contributed by atoms with Gasteiger partial charge in [-0.1, -0.05) is 26.0 Å². The van der Waals surface area contributed by atoms with E-state index in [0.29, 0.717) is 5.56 Å². The second-order valence-electron chi connectivity index (χ2n) is 4.73. The highest BCUT2D eigenvalue weighted by molar-refractivity contribution is 7.97. The standard InChI is InChI=1S/C15H23NO2S/c1-4-15(5-2,11-17)16-14(18)13-8-6-7-12(9-13)10-19-3/h6-9,17H,4-5,10-11H2,1-3H3,(H,16,18). The van der Waals surface area contributed by atoms with Gasteiger partial charge in [0.25, 0.3) is 5.91 Å². The zero-order chi connectivity index (χ0) is 14.3. The van der Waals surface area contributed by atoms with Crippen molar-refractivity contribution in [3.8, 4) is 0 Å². The van der Waals surface area contributed by atoms with Gasteiger partial charge >= 0.3 is 0 Å². The number of carbonyl (C=O) groups is 1. The Morgan fingerprint density at radius 2 is 2.05 bits per heavy atom. The van der Waals surface area contributed by atoms with Gasteiger partial charge in [0.2, 0.25) is 0 Å². The SMILES string of the molecule is CCC(CC)(CO)NC(=O)c1cccc(CSC)c1. The summed E-state index contributed by atoms with van der Waals surface area (Å²) in [5.74, 6) is 0.786. The average molecular weight is 281 g/mol. The maximum Gasteiger partial charge on any atom is 0.251 e. The zero-order valence-electron chi connectivity index (χ0n) is 11.9. The van der Waals surface area contributed by atoms with Gasteiger partial charge in [-0.25, -0.2) is 0 Å². The van der Waals surface area contributed by atoms with Crippen LogP contribution < -0.4 is 5.32 Å². The summed E-state index contributed by atoms with van der Waals surface area (Å²) in [6.45, 7) is 3.92. The summed E-state index contributed by atoms with van der Waals surface area (Å²) >= 11 is 1.73. The normalized spacial score (nSPS) is 11.4. The molecule has 0 fully saturated rings. The van der Waals surface area contributed by atoms with Gasteiger partial charge in [0.1, 0.15) is 0 Å². The minimum atomic E-state index is -0.507. The van der Waals surface area contributed by atoms with E-state index in [2.05, 4.69) is 5.32 Å². The summed E-state index contributed by atoms with van der Waals surface area (Å²) in [5, 5.41) is 12.5. The van der Waals surface area contributed by atoms with Crippen molar-refractivity contribution >= 4 is 17.7 Å². The van der Waals surface area contributed by atoms with Crippen molar-refractivity contribution in [1.29, 1.82) is 0 Å². The second kappa shape index (κ2) is 7.56. The first-order chi connectivity index (χ1) is 9.10. The van der Waals surface area contributed by atoms with Crippen LogP contribution in [-0.4, -0.2) is 29.4 Å². The van der Waals surface area contributed by atoms with E-state index in [-0.39, 0.29) is 12.5 Å². The summed E-state index contributed by atoms with van der Waals surface area (Å²) in [6.07, 6.45) is 3.48. The summed E-state index contributed by atoms with van der Waals surface area (Å²) in [4.78, 5) is 12.3. The van der Waals surface area contributed by atoms with Crippen LogP contribution in [0.3, 0.4) is 0 Å². The van der Waals surface area contributed by atoms with Crippen molar-refractivity contribution in [2.45, 2.75) is 38.0 Å². The van der Waals surface area contributed by atoms with Gasteiger partial charge in [-0.2, -0.15) is 11.8 Å². The van der Waals surface area contributed by atoms with Crippen molar-refractivity contribution in [1.82, 2.24) is 5.32 Å². The summed E-state index contributed by atoms with van der Waals surface area (Å²) in [6, 6.07) is 7.65. The molecule has 2 N–H and O–H groups in total. The lowest BCUT2D eigenvalue weighted by atomic mass is 9.93. The molecule has 0 spiro atoms. The molecule has 0 saturated heterocycles. The Morgan fingerprint density at radius 3 is 2.58 bits per heavy atom. The van der Waals surface area contributed by atoms with Gasteiger partial charge in [-0.05, 0) is 36.8 Å². The third-order valence-electron chi connectivity index (χ3n) is 3.54. The van der Waals surface area contributed by atoms with E-state index in [4.69, 9.17) is 0 Å². The fraction of sp³-hybridized carbons (Fsp3) is 0.533. The molecule has 0 aliphatic rings. The van der Waals surface area contributed by atoms with Crippen LogP contribution in [0, 0.1) is 0 Å². The predicted octanol–water partition coefficient (Wildman–Crippen LogP) is 2.83. The molecule has 0 bridgehead atoms. The number of hydrogen-bond acceptors (Lipinski definition) is 3. The highest BCUT2D eigenvalue weighted by Gasteiger charge is 2.27. The van der Waals surface area contributed by atoms with Crippen LogP contribution in [0.15, 0.2) is 24.3 Å². The van der Waals surface area contributed by atoms with Crippen LogP contribution in [0.1, 0.15) is 42.6 Å². The largest absolute Gasteiger partial charge is 0.394 e. The van der Waals surface area contributed by atoms with Crippen LogP contribution in [0.5, 0.6) is 0 Å². The molecular formula is C15H23NO2S. The monoisotopic (exact) mass is 281 g/mol. The number of hydrogen-bond donors (Lipinski definition) is 2. The van der Waals surface area contributed by atoms with Gasteiger partial charge in [-0.15, -0.1) is 0 Å². The lowest BCUT2D eigenvalue weighted by Gasteiger charge is -2.30. The molecular weight excluding hydrogens is 258 g/mol. The van der Waals surface area contributed by atoms with Crippen molar-refractivity contribution in [2.75, 3.05) is 12.9 Å². The van der Waals surface area contributed by atoms with Gasteiger partial charge in [0.05, 0.1) is 12.1 Å². The number of rotatable bonds is 7. The predicted molar refractivity (Wildman–Crippen MR) is 81.5 cm³/mol. The summed E-state index contributed by atoms with van der Waals surface area (Å²) in [5.41, 5.74) is 1.29. The van der Waals surface area contributed by atoms with E-state index in [1.54, 1.807) is 11.8 Å². The number of thioether (sulfide) groups is 1. The lowest BCUT2D eigenvalue weighted by Crippen LogP contribution is -2.50. The third-order valence-corrected chi connectivity index (χ3v) is 4.16. The number of amides is 1. The molecule has 4 heteroatoms. The number of carbonyl (C=O) groups excluding carboxylic acids is 1. The lowest BCUT2D eigenvalue weighted by molar-refractivity contribution is 0.0818. The van der Waals surface area contributed by atoms with Crippen LogP contribution in [0.25, 0.3) is 0 Å². The molecule has 0 aliphatic carbocycles. The molecule has 3 nitrogen and oxygen atoms in total. The molecule has 1 aromatic rings. The highest BCUT2D eigenvalue weighted by atomic mass is 32.2. The smallest absolute Gasteiger partial charge is 0.251 e. The molecule has 1 rings (SSSR count). The molecule has 0 aromatic heterocycles. The van der Waals surface area contributed by atoms with Crippen LogP contribution >= 0.6 is 11.8 Å². The Morgan fingerprint density at radius 1 is 1.37 bits per heavy atom. The van der Waals surface area contributed by atoms with Crippen molar-refractivity contribution in [3.05, 3.63) is 35.4 Å². The number of nitrogens with one attached hydrogen (secondary N) is 1. The Bertz CT molecular complexity index is 408.